The number of methoxy groups -OCH3 is 1. The van der Waals surface area contributed by atoms with Crippen molar-refractivity contribution >= 4 is 58.9 Å². The van der Waals surface area contributed by atoms with Gasteiger partial charge in [-0.25, -0.2) is 14.3 Å². The van der Waals surface area contributed by atoms with Crippen molar-refractivity contribution in [1.82, 2.24) is 41.2 Å². The van der Waals surface area contributed by atoms with Gasteiger partial charge in [-0.2, -0.15) is 0 Å². The van der Waals surface area contributed by atoms with Crippen LogP contribution in [0.2, 0.25) is 0 Å². The Hall–Kier alpha value is -6.70. The van der Waals surface area contributed by atoms with Crippen molar-refractivity contribution in [3.63, 3.8) is 0 Å². The summed E-state index contributed by atoms with van der Waals surface area (Å²) in [5, 5.41) is 23.6. The van der Waals surface area contributed by atoms with Gasteiger partial charge in [-0.05, 0) is 43.4 Å². The number of alkyl carbamates (subject to hydrolysis) is 1. The zero-order valence-electron chi connectivity index (χ0n) is 45.6. The number of anilines is 2. The molecule has 0 saturated carbocycles. The van der Waals surface area contributed by atoms with Crippen LogP contribution in [-0.4, -0.2) is 219 Å². The summed E-state index contributed by atoms with van der Waals surface area (Å²) in [6.07, 6.45) is 3.20. The number of hydrogen-bond acceptors (Lipinski definition) is 20. The molecule has 0 bridgehead atoms. The predicted molar refractivity (Wildman–Crippen MR) is 281 cm³/mol. The number of hydrogen-bond donors (Lipinski definition) is 7. The first-order valence-corrected chi connectivity index (χ1v) is 25.9. The first-order chi connectivity index (χ1) is 38.2. The van der Waals surface area contributed by atoms with E-state index in [1.807, 2.05) is 0 Å². The summed E-state index contributed by atoms with van der Waals surface area (Å²) < 4.78 is 55.3. The molecule has 0 fully saturated rings. The molecule has 9 amide bonds. The van der Waals surface area contributed by atoms with Gasteiger partial charge in [-0.3, -0.25) is 33.7 Å². The average molecular weight is 1120 g/mol. The maximum absolute atomic E-state index is 13.7. The molecular weight excluding hydrogens is 1040 g/mol. The minimum Gasteiger partial charge on any atom is -0.443 e. The number of rotatable bonds is 45. The van der Waals surface area contributed by atoms with Gasteiger partial charge in [-0.15, -0.1) is 5.10 Å². The van der Waals surface area contributed by atoms with Crippen LogP contribution in [0.1, 0.15) is 44.4 Å². The van der Waals surface area contributed by atoms with Crippen LogP contribution >= 0.6 is 0 Å². The molecule has 0 aliphatic carbocycles. The number of carbonyl (C=O) groups excluding carboxylic acids is 8. The standard InChI is InChI=1S/C50H79N11O18/c1-36(2)46(57-42(62)11-15-71-17-14-61-44(64)9-10-45(61)65)48(67)56-40(6-5-12-52-49(51)68)47(66)54-38-8-7-37(3)41(32-38)55-43(63)33-53-50(69)79-35-39-34-60(59-58-39)13-16-72-20-21-74-24-25-76-28-29-78-31-30-77-27-26-75-23-22-73-19-18-70-4/h7-10,32,34,36,40,46H,5-6,11-31,33,35H2,1-4H3,(H,53,69)(H,54,66)(H,55,63)(H,56,67)(H,57,62)(H3,51,52,68)/t40-,46-/m0/s1. The molecule has 0 unspecified atom stereocenters. The van der Waals surface area contributed by atoms with Gasteiger partial charge < -0.3 is 85.0 Å². The third-order valence-electron chi connectivity index (χ3n) is 10.9. The Kier molecular flexibility index (Phi) is 34.1. The van der Waals surface area contributed by atoms with Crippen molar-refractivity contribution in [2.75, 3.05) is 150 Å². The fourth-order valence-electron chi connectivity index (χ4n) is 6.74. The quantitative estimate of drug-likeness (QED) is 0.0326. The molecule has 79 heavy (non-hydrogen) atoms. The second-order valence-electron chi connectivity index (χ2n) is 17.6. The first kappa shape index (κ1) is 66.6. The van der Waals surface area contributed by atoms with Gasteiger partial charge in [0.2, 0.25) is 23.6 Å². The highest BCUT2D eigenvalue weighted by Gasteiger charge is 2.29. The van der Waals surface area contributed by atoms with Crippen molar-refractivity contribution in [1.29, 1.82) is 0 Å². The number of carbonyl (C=O) groups is 8. The molecule has 1 aliphatic rings. The van der Waals surface area contributed by atoms with Gasteiger partial charge in [0.05, 0.1) is 132 Å². The SMILES string of the molecule is COCCOCCOCCOCCOCCOCCOCCOCCn1cc(COC(=O)NCC(=O)Nc2cc(NC(=O)[C@H](CCCNC(N)=O)NC(=O)[C@@H](NC(=O)CCOCCN3C(=O)C=CC3=O)C(C)C)ccc2C)nn1. The zero-order chi connectivity index (χ0) is 57.5. The minimum atomic E-state index is -1.15. The number of benzene rings is 1. The summed E-state index contributed by atoms with van der Waals surface area (Å²) in [6.45, 7) is 11.8. The lowest BCUT2D eigenvalue weighted by atomic mass is 10.0. The largest absolute Gasteiger partial charge is 0.443 e. The Morgan fingerprint density at radius 3 is 1.78 bits per heavy atom. The number of nitrogens with one attached hydrogen (secondary N) is 6. The summed E-state index contributed by atoms with van der Waals surface area (Å²) in [5.74, 6) is -3.70. The van der Waals surface area contributed by atoms with Crippen LogP contribution in [0.4, 0.5) is 21.0 Å². The van der Waals surface area contributed by atoms with Gasteiger partial charge in [0.15, 0.2) is 0 Å². The van der Waals surface area contributed by atoms with Gasteiger partial charge in [-0.1, -0.05) is 25.1 Å². The van der Waals surface area contributed by atoms with Crippen LogP contribution in [0.5, 0.6) is 0 Å². The number of nitrogens with two attached hydrogens (primary N) is 1. The maximum atomic E-state index is 13.7. The highest BCUT2D eigenvalue weighted by Crippen LogP contribution is 2.21. The maximum Gasteiger partial charge on any atom is 0.407 e. The van der Waals surface area contributed by atoms with Gasteiger partial charge in [0.1, 0.15) is 30.9 Å². The lowest BCUT2D eigenvalue weighted by molar-refractivity contribution is -0.138. The molecule has 1 aromatic carbocycles. The van der Waals surface area contributed by atoms with Crippen LogP contribution < -0.4 is 37.6 Å². The third kappa shape index (κ3) is 30.3. The lowest BCUT2D eigenvalue weighted by Gasteiger charge is -2.25. The van der Waals surface area contributed by atoms with Crippen molar-refractivity contribution in [3.8, 4) is 0 Å². The zero-order valence-corrected chi connectivity index (χ0v) is 45.6. The topological polar surface area (TPSA) is 361 Å². The molecule has 1 aliphatic heterocycles. The van der Waals surface area contributed by atoms with E-state index in [9.17, 15) is 38.4 Å². The molecule has 0 spiro atoms. The van der Waals surface area contributed by atoms with Crippen LogP contribution in [0, 0.1) is 12.8 Å². The monoisotopic (exact) mass is 1120 g/mol. The third-order valence-corrected chi connectivity index (χ3v) is 10.9. The van der Waals surface area contributed by atoms with E-state index >= 15 is 0 Å². The number of primary amides is 1. The highest BCUT2D eigenvalue weighted by molar-refractivity contribution is 6.12. The van der Waals surface area contributed by atoms with Crippen molar-refractivity contribution in [3.05, 3.63) is 47.8 Å². The van der Waals surface area contributed by atoms with E-state index < -0.39 is 72.1 Å². The van der Waals surface area contributed by atoms with Crippen LogP contribution in [0.3, 0.4) is 0 Å². The highest BCUT2D eigenvalue weighted by atomic mass is 16.6. The van der Waals surface area contributed by atoms with Crippen molar-refractivity contribution in [2.24, 2.45) is 11.7 Å². The molecule has 8 N–H and O–H groups in total. The number of amides is 9. The lowest BCUT2D eigenvalue weighted by Crippen LogP contribution is -2.54. The van der Waals surface area contributed by atoms with Crippen LogP contribution in [0.15, 0.2) is 36.5 Å². The number of ether oxygens (including phenoxy) is 10. The molecule has 0 radical (unpaired) electrons. The molecule has 2 aromatic rings. The average Bonchev–Trinajstić information content (AvgIpc) is 4.02. The molecule has 2 atom stereocenters. The molecule has 3 rings (SSSR count). The first-order valence-electron chi connectivity index (χ1n) is 25.9. The fraction of sp³-hybridized carbons (Fsp3) is 0.640. The van der Waals surface area contributed by atoms with E-state index in [1.54, 1.807) is 46.2 Å². The Morgan fingerprint density at radius 1 is 0.658 bits per heavy atom. The van der Waals surface area contributed by atoms with Crippen LogP contribution in [-0.2, 0) is 89.3 Å². The van der Waals surface area contributed by atoms with E-state index in [2.05, 4.69) is 42.2 Å². The summed E-state index contributed by atoms with van der Waals surface area (Å²) >= 11 is 0. The van der Waals surface area contributed by atoms with Crippen molar-refractivity contribution in [2.45, 2.75) is 65.3 Å². The minimum absolute atomic E-state index is 0.0131. The smallest absolute Gasteiger partial charge is 0.407 e. The number of aromatic nitrogens is 3. The molecule has 29 nitrogen and oxygen atoms in total. The fourth-order valence-corrected chi connectivity index (χ4v) is 6.74. The number of aryl methyl sites for hydroxylation is 1. The number of urea groups is 1. The molecular formula is C50H79N11O18. The predicted octanol–water partition coefficient (Wildman–Crippen LogP) is -0.442. The molecule has 2 heterocycles. The van der Waals surface area contributed by atoms with Crippen molar-refractivity contribution < 1.29 is 85.7 Å². The second-order valence-corrected chi connectivity index (χ2v) is 17.6. The normalized spacial score (nSPS) is 12.8. The van der Waals surface area contributed by atoms with E-state index in [0.717, 1.165) is 17.1 Å². The van der Waals surface area contributed by atoms with E-state index in [4.69, 9.17) is 53.1 Å². The molecule has 29 heteroatoms. The Bertz CT molecular complexity index is 2180. The second kappa shape index (κ2) is 40.5. The summed E-state index contributed by atoms with van der Waals surface area (Å²) in [7, 11) is 1.63. The van der Waals surface area contributed by atoms with Gasteiger partial charge >= 0.3 is 12.1 Å². The summed E-state index contributed by atoms with van der Waals surface area (Å²) in [5.41, 5.74) is 6.76. The number of nitrogens with zero attached hydrogens (tertiary/aromatic N) is 4. The molecule has 442 valence electrons. The Labute approximate surface area is 459 Å². The van der Waals surface area contributed by atoms with Gasteiger partial charge in [0, 0.05) is 43.6 Å². The Morgan fingerprint density at radius 2 is 1.22 bits per heavy atom. The van der Waals surface area contributed by atoms with Gasteiger partial charge in [0.25, 0.3) is 11.8 Å². The van der Waals surface area contributed by atoms with E-state index in [0.29, 0.717) is 123 Å². The van der Waals surface area contributed by atoms with E-state index in [-0.39, 0.29) is 57.9 Å². The summed E-state index contributed by atoms with van der Waals surface area (Å²) in [6, 6.07) is 1.76. The summed E-state index contributed by atoms with van der Waals surface area (Å²) in [4.78, 5) is 101. The van der Waals surface area contributed by atoms with E-state index in [1.165, 1.54) is 10.7 Å². The molecule has 0 saturated heterocycles. The number of imide groups is 1. The Balaban J connectivity index is 1.30. The molecule has 1 aromatic heterocycles. The van der Waals surface area contributed by atoms with Crippen LogP contribution in [0.25, 0.3) is 0 Å².